The number of benzene rings is 1. The van der Waals surface area contributed by atoms with Crippen LogP contribution >= 0.6 is 0 Å². The van der Waals surface area contributed by atoms with E-state index < -0.39 is 0 Å². The molecule has 3 heteroatoms. The lowest BCUT2D eigenvalue weighted by atomic mass is 10.1. The average molecular weight is 200 g/mol. The molecule has 0 heterocycles. The second-order valence-electron chi connectivity index (χ2n) is 3.68. The quantitative estimate of drug-likeness (QED) is 0.734. The standard InChI is InChI=1S/C12H12N2O/c13-6-7-14-12(15)11-5-4-9-2-1-3-10(9)8-11/h4-5,8H,1-3,7H2,(H,14,15). The highest BCUT2D eigenvalue weighted by molar-refractivity contribution is 5.94. The molecule has 3 nitrogen and oxygen atoms in total. The minimum Gasteiger partial charge on any atom is -0.339 e. The lowest BCUT2D eigenvalue weighted by Crippen LogP contribution is -2.23. The van der Waals surface area contributed by atoms with Gasteiger partial charge in [-0.15, -0.1) is 0 Å². The van der Waals surface area contributed by atoms with Crippen LogP contribution in [0.2, 0.25) is 0 Å². The third-order valence-corrected chi connectivity index (χ3v) is 2.69. The van der Waals surface area contributed by atoms with E-state index in [2.05, 4.69) is 5.32 Å². The Labute approximate surface area is 88.7 Å². The van der Waals surface area contributed by atoms with Crippen LogP contribution in [-0.2, 0) is 12.8 Å². The van der Waals surface area contributed by atoms with Gasteiger partial charge in [-0.2, -0.15) is 5.26 Å². The van der Waals surface area contributed by atoms with Crippen molar-refractivity contribution in [1.82, 2.24) is 5.32 Å². The zero-order valence-electron chi connectivity index (χ0n) is 8.42. The van der Waals surface area contributed by atoms with E-state index >= 15 is 0 Å². The smallest absolute Gasteiger partial charge is 0.252 e. The molecule has 0 spiro atoms. The van der Waals surface area contributed by atoms with E-state index in [-0.39, 0.29) is 12.5 Å². The van der Waals surface area contributed by atoms with Crippen molar-refractivity contribution in [2.45, 2.75) is 19.3 Å². The molecule has 15 heavy (non-hydrogen) atoms. The maximum absolute atomic E-state index is 11.5. The minimum absolute atomic E-state index is 0.0654. The van der Waals surface area contributed by atoms with Gasteiger partial charge in [0.15, 0.2) is 0 Å². The number of hydrogen-bond donors (Lipinski definition) is 1. The number of carbonyl (C=O) groups is 1. The number of hydrogen-bond acceptors (Lipinski definition) is 2. The molecule has 76 valence electrons. The van der Waals surface area contributed by atoms with E-state index in [1.54, 1.807) is 0 Å². The summed E-state index contributed by atoms with van der Waals surface area (Å²) in [6.07, 6.45) is 3.36. The second-order valence-corrected chi connectivity index (χ2v) is 3.68. The first-order valence-corrected chi connectivity index (χ1v) is 5.08. The van der Waals surface area contributed by atoms with Gasteiger partial charge in [-0.1, -0.05) is 6.07 Å². The van der Waals surface area contributed by atoms with Gasteiger partial charge in [0.1, 0.15) is 6.54 Å². The summed E-state index contributed by atoms with van der Waals surface area (Å²) in [4.78, 5) is 11.5. The molecule has 0 radical (unpaired) electrons. The van der Waals surface area contributed by atoms with E-state index in [1.165, 1.54) is 17.5 Å². The van der Waals surface area contributed by atoms with Crippen molar-refractivity contribution < 1.29 is 4.79 Å². The summed E-state index contributed by atoms with van der Waals surface area (Å²) in [5.74, 6) is -0.161. The van der Waals surface area contributed by atoms with Crippen molar-refractivity contribution in [2.24, 2.45) is 0 Å². The Hall–Kier alpha value is -1.82. The van der Waals surface area contributed by atoms with Crippen LogP contribution < -0.4 is 5.32 Å². The fraction of sp³-hybridized carbons (Fsp3) is 0.333. The summed E-state index contributed by atoms with van der Waals surface area (Å²) in [5, 5.41) is 10.9. The SMILES string of the molecule is N#CCNC(=O)c1ccc2c(c1)CCC2. The van der Waals surface area contributed by atoms with E-state index in [0.717, 1.165) is 12.8 Å². The molecule has 0 atom stereocenters. The maximum Gasteiger partial charge on any atom is 0.252 e. The van der Waals surface area contributed by atoms with Gasteiger partial charge in [-0.3, -0.25) is 4.79 Å². The van der Waals surface area contributed by atoms with Crippen LogP contribution in [-0.4, -0.2) is 12.5 Å². The Morgan fingerprint density at radius 2 is 2.20 bits per heavy atom. The van der Waals surface area contributed by atoms with Gasteiger partial charge in [-0.25, -0.2) is 0 Å². The fourth-order valence-corrected chi connectivity index (χ4v) is 1.93. The lowest BCUT2D eigenvalue weighted by molar-refractivity contribution is 0.0958. The molecule has 1 N–H and O–H groups in total. The van der Waals surface area contributed by atoms with Crippen LogP contribution in [0, 0.1) is 11.3 Å². The number of fused-ring (bicyclic) bond motifs is 1. The molecule has 0 aromatic heterocycles. The Balaban J connectivity index is 2.16. The lowest BCUT2D eigenvalue weighted by Gasteiger charge is -2.04. The van der Waals surface area contributed by atoms with Crippen molar-refractivity contribution in [2.75, 3.05) is 6.54 Å². The zero-order chi connectivity index (χ0) is 10.7. The van der Waals surface area contributed by atoms with Crippen LogP contribution in [0.1, 0.15) is 27.9 Å². The molecular weight excluding hydrogens is 188 g/mol. The third-order valence-electron chi connectivity index (χ3n) is 2.69. The van der Waals surface area contributed by atoms with Gasteiger partial charge in [-0.05, 0) is 42.5 Å². The zero-order valence-corrected chi connectivity index (χ0v) is 8.42. The van der Waals surface area contributed by atoms with Crippen LogP contribution in [0.15, 0.2) is 18.2 Å². The summed E-state index contributed by atoms with van der Waals surface area (Å²) in [6, 6.07) is 7.68. The Morgan fingerprint density at radius 3 is 3.00 bits per heavy atom. The van der Waals surface area contributed by atoms with Crippen molar-refractivity contribution in [3.05, 3.63) is 34.9 Å². The molecule has 2 rings (SSSR count). The molecular formula is C12H12N2O. The van der Waals surface area contributed by atoms with Gasteiger partial charge < -0.3 is 5.32 Å². The number of carbonyl (C=O) groups excluding carboxylic acids is 1. The molecule has 1 aromatic rings. The summed E-state index contributed by atoms with van der Waals surface area (Å²) in [6.45, 7) is 0.0654. The summed E-state index contributed by atoms with van der Waals surface area (Å²) in [5.41, 5.74) is 3.29. The molecule has 0 unspecified atom stereocenters. The van der Waals surface area contributed by atoms with Crippen molar-refractivity contribution in [3.63, 3.8) is 0 Å². The monoisotopic (exact) mass is 200 g/mol. The molecule has 1 amide bonds. The number of aryl methyl sites for hydroxylation is 2. The van der Waals surface area contributed by atoms with Gasteiger partial charge in [0, 0.05) is 5.56 Å². The second kappa shape index (κ2) is 4.14. The predicted octanol–water partition coefficient (Wildman–Crippen LogP) is 1.43. The number of nitriles is 1. The average Bonchev–Trinajstić information content (AvgIpc) is 2.72. The van der Waals surface area contributed by atoms with E-state index in [1.807, 2.05) is 24.3 Å². The van der Waals surface area contributed by atoms with Crippen molar-refractivity contribution in [3.8, 4) is 6.07 Å². The number of rotatable bonds is 2. The van der Waals surface area contributed by atoms with Crippen molar-refractivity contribution in [1.29, 1.82) is 5.26 Å². The highest BCUT2D eigenvalue weighted by Gasteiger charge is 2.13. The number of nitrogens with zero attached hydrogens (tertiary/aromatic N) is 1. The van der Waals surface area contributed by atoms with Crippen LogP contribution in [0.25, 0.3) is 0 Å². The first kappa shape index (κ1) is 9.72. The van der Waals surface area contributed by atoms with Crippen LogP contribution in [0.5, 0.6) is 0 Å². The van der Waals surface area contributed by atoms with Gasteiger partial charge in [0.05, 0.1) is 6.07 Å². The Morgan fingerprint density at radius 1 is 1.40 bits per heavy atom. The first-order chi connectivity index (χ1) is 7.31. The first-order valence-electron chi connectivity index (χ1n) is 5.08. The molecule has 1 aromatic carbocycles. The topological polar surface area (TPSA) is 52.9 Å². The van der Waals surface area contributed by atoms with E-state index in [9.17, 15) is 4.79 Å². The molecule has 0 aliphatic heterocycles. The molecule has 0 fully saturated rings. The normalized spacial score (nSPS) is 13.0. The minimum atomic E-state index is -0.161. The number of amides is 1. The number of nitrogens with one attached hydrogen (secondary N) is 1. The summed E-state index contributed by atoms with van der Waals surface area (Å²) >= 11 is 0. The highest BCUT2D eigenvalue weighted by Crippen LogP contribution is 2.22. The van der Waals surface area contributed by atoms with E-state index in [0.29, 0.717) is 5.56 Å². The summed E-state index contributed by atoms with van der Waals surface area (Å²) in [7, 11) is 0. The largest absolute Gasteiger partial charge is 0.339 e. The summed E-state index contributed by atoms with van der Waals surface area (Å²) < 4.78 is 0. The fourth-order valence-electron chi connectivity index (χ4n) is 1.93. The highest BCUT2D eigenvalue weighted by atomic mass is 16.1. The molecule has 0 saturated heterocycles. The van der Waals surface area contributed by atoms with E-state index in [4.69, 9.17) is 5.26 Å². The molecule has 1 aliphatic rings. The van der Waals surface area contributed by atoms with Crippen molar-refractivity contribution >= 4 is 5.91 Å². The maximum atomic E-state index is 11.5. The predicted molar refractivity (Wildman–Crippen MR) is 56.4 cm³/mol. The molecule has 0 bridgehead atoms. The Bertz CT molecular complexity index is 432. The Kier molecular flexibility index (Phi) is 2.68. The van der Waals surface area contributed by atoms with Gasteiger partial charge in [0.2, 0.25) is 0 Å². The molecule has 1 aliphatic carbocycles. The third kappa shape index (κ3) is 1.99. The van der Waals surface area contributed by atoms with Crippen LogP contribution in [0.4, 0.5) is 0 Å². The van der Waals surface area contributed by atoms with Gasteiger partial charge in [0.25, 0.3) is 5.91 Å². The molecule has 0 saturated carbocycles. The van der Waals surface area contributed by atoms with Crippen LogP contribution in [0.3, 0.4) is 0 Å². The van der Waals surface area contributed by atoms with Gasteiger partial charge >= 0.3 is 0 Å².